The normalized spacial score (nSPS) is 18.6. The average Bonchev–Trinajstić information content (AvgIpc) is 2.90. The van der Waals surface area contributed by atoms with E-state index < -0.39 is 11.7 Å². The quantitative estimate of drug-likeness (QED) is 0.906. The zero-order valence-electron chi connectivity index (χ0n) is 10.8. The maximum Gasteiger partial charge on any atom is 0.416 e. The smallest absolute Gasteiger partial charge is 0.416 e. The Morgan fingerprint density at radius 3 is 2.42 bits per heavy atom. The van der Waals surface area contributed by atoms with Crippen molar-refractivity contribution in [2.24, 2.45) is 11.7 Å². The second-order valence-electron chi connectivity index (χ2n) is 5.02. The Balaban J connectivity index is 2.30. The maximum atomic E-state index is 12.7. The fourth-order valence-electron chi connectivity index (χ4n) is 2.73. The Labute approximate surface area is 110 Å². The van der Waals surface area contributed by atoms with Crippen LogP contribution in [0.15, 0.2) is 18.2 Å². The molecule has 2 rings (SSSR count). The van der Waals surface area contributed by atoms with Gasteiger partial charge in [0, 0.05) is 11.6 Å². The van der Waals surface area contributed by atoms with Crippen LogP contribution in [0.25, 0.3) is 0 Å². The van der Waals surface area contributed by atoms with Crippen LogP contribution in [0.1, 0.15) is 42.9 Å². The van der Waals surface area contributed by atoms with Crippen molar-refractivity contribution < 1.29 is 17.9 Å². The molecule has 1 saturated carbocycles. The van der Waals surface area contributed by atoms with E-state index in [1.54, 1.807) is 0 Å². The number of nitrogens with two attached hydrogens (primary N) is 1. The van der Waals surface area contributed by atoms with E-state index in [1.165, 1.54) is 13.2 Å². The topological polar surface area (TPSA) is 35.2 Å². The van der Waals surface area contributed by atoms with Crippen molar-refractivity contribution in [2.45, 2.75) is 37.9 Å². The average molecular weight is 273 g/mol. The fraction of sp³-hybridized carbons (Fsp3) is 0.571. The molecule has 0 unspecified atom stereocenters. The van der Waals surface area contributed by atoms with Gasteiger partial charge in [-0.2, -0.15) is 13.2 Å². The van der Waals surface area contributed by atoms with Gasteiger partial charge in [-0.1, -0.05) is 18.9 Å². The van der Waals surface area contributed by atoms with Crippen LogP contribution < -0.4 is 10.5 Å². The fourth-order valence-corrected chi connectivity index (χ4v) is 2.73. The van der Waals surface area contributed by atoms with E-state index >= 15 is 0 Å². The van der Waals surface area contributed by atoms with Crippen LogP contribution >= 0.6 is 0 Å². The summed E-state index contributed by atoms with van der Waals surface area (Å²) in [5, 5.41) is 0. The summed E-state index contributed by atoms with van der Waals surface area (Å²) in [4.78, 5) is 0. The highest BCUT2D eigenvalue weighted by Crippen LogP contribution is 2.39. The Bertz CT molecular complexity index is 439. The maximum absolute atomic E-state index is 12.7. The molecule has 1 aromatic carbocycles. The van der Waals surface area contributed by atoms with E-state index in [0.29, 0.717) is 11.5 Å². The van der Waals surface area contributed by atoms with Crippen LogP contribution in [0.4, 0.5) is 13.2 Å². The molecule has 2 N–H and O–H groups in total. The predicted molar refractivity (Wildman–Crippen MR) is 66.9 cm³/mol. The highest BCUT2D eigenvalue weighted by atomic mass is 19.4. The number of hydrogen-bond acceptors (Lipinski definition) is 2. The van der Waals surface area contributed by atoms with Crippen molar-refractivity contribution in [3.63, 3.8) is 0 Å². The minimum absolute atomic E-state index is 0.231. The molecule has 0 bridgehead atoms. The summed E-state index contributed by atoms with van der Waals surface area (Å²) in [6.07, 6.45) is -0.0113. The summed E-state index contributed by atoms with van der Waals surface area (Å²) >= 11 is 0. The number of hydrogen-bond donors (Lipinski definition) is 1. The molecule has 0 heterocycles. The van der Waals surface area contributed by atoms with Crippen molar-refractivity contribution >= 4 is 0 Å². The van der Waals surface area contributed by atoms with Gasteiger partial charge in [0.1, 0.15) is 5.75 Å². The molecule has 0 amide bonds. The van der Waals surface area contributed by atoms with E-state index in [2.05, 4.69) is 0 Å². The molecule has 0 saturated heterocycles. The zero-order chi connectivity index (χ0) is 14.0. The lowest BCUT2D eigenvalue weighted by Crippen LogP contribution is -2.20. The van der Waals surface area contributed by atoms with Gasteiger partial charge in [0.15, 0.2) is 0 Å². The van der Waals surface area contributed by atoms with Crippen LogP contribution in [-0.4, -0.2) is 7.11 Å². The largest absolute Gasteiger partial charge is 0.496 e. The third-order valence-electron chi connectivity index (χ3n) is 3.83. The van der Waals surface area contributed by atoms with E-state index in [9.17, 15) is 13.2 Å². The van der Waals surface area contributed by atoms with Gasteiger partial charge in [-0.25, -0.2) is 0 Å². The number of halogens is 3. The molecule has 0 aromatic heterocycles. The molecule has 0 spiro atoms. The Morgan fingerprint density at radius 2 is 1.89 bits per heavy atom. The summed E-state index contributed by atoms with van der Waals surface area (Å²) in [6, 6.07) is 3.31. The zero-order valence-corrected chi connectivity index (χ0v) is 10.8. The predicted octanol–water partition coefficient (Wildman–Crippen LogP) is 3.90. The first-order valence-corrected chi connectivity index (χ1v) is 6.44. The van der Waals surface area contributed by atoms with Crippen molar-refractivity contribution in [2.75, 3.05) is 7.11 Å². The van der Waals surface area contributed by atoms with E-state index in [4.69, 9.17) is 10.5 Å². The highest BCUT2D eigenvalue weighted by Gasteiger charge is 2.32. The SMILES string of the molecule is COc1cc(C(F)(F)F)ccc1[C@@H](N)C1CCCC1. The first kappa shape index (κ1) is 14.2. The summed E-state index contributed by atoms with van der Waals surface area (Å²) < 4.78 is 43.0. The molecule has 2 nitrogen and oxygen atoms in total. The van der Waals surface area contributed by atoms with Gasteiger partial charge >= 0.3 is 6.18 Å². The minimum atomic E-state index is -4.36. The first-order chi connectivity index (χ1) is 8.93. The lowest BCUT2D eigenvalue weighted by atomic mass is 9.91. The van der Waals surface area contributed by atoms with Crippen LogP contribution in [0, 0.1) is 5.92 Å². The molecule has 5 heteroatoms. The number of alkyl halides is 3. The van der Waals surface area contributed by atoms with Gasteiger partial charge in [0.05, 0.1) is 12.7 Å². The standard InChI is InChI=1S/C14H18F3NO/c1-19-12-8-10(14(15,16)17)6-7-11(12)13(18)9-4-2-3-5-9/h6-9,13H,2-5,18H2,1H3/t13-/m0/s1. The van der Waals surface area contributed by atoms with Crippen LogP contribution in [0.5, 0.6) is 5.75 Å². The lowest BCUT2D eigenvalue weighted by Gasteiger charge is -2.22. The van der Waals surface area contributed by atoms with Gasteiger partial charge < -0.3 is 10.5 Å². The van der Waals surface area contributed by atoms with Crippen molar-refractivity contribution in [1.29, 1.82) is 0 Å². The Kier molecular flexibility index (Phi) is 4.04. The molecule has 1 fully saturated rings. The van der Waals surface area contributed by atoms with Gasteiger partial charge in [-0.05, 0) is 30.9 Å². The Morgan fingerprint density at radius 1 is 1.26 bits per heavy atom. The molecule has 19 heavy (non-hydrogen) atoms. The van der Waals surface area contributed by atoms with Gasteiger partial charge in [0.25, 0.3) is 0 Å². The summed E-state index contributed by atoms with van der Waals surface area (Å²) in [6.45, 7) is 0. The second-order valence-corrected chi connectivity index (χ2v) is 5.02. The minimum Gasteiger partial charge on any atom is -0.496 e. The molecular formula is C14H18F3NO. The molecule has 1 atom stereocenters. The lowest BCUT2D eigenvalue weighted by molar-refractivity contribution is -0.137. The number of ether oxygens (including phenoxy) is 1. The van der Waals surface area contributed by atoms with Gasteiger partial charge in [-0.3, -0.25) is 0 Å². The highest BCUT2D eigenvalue weighted by molar-refractivity contribution is 5.41. The monoisotopic (exact) mass is 273 g/mol. The van der Waals surface area contributed by atoms with Crippen LogP contribution in [-0.2, 0) is 6.18 Å². The second kappa shape index (κ2) is 5.41. The van der Waals surface area contributed by atoms with Gasteiger partial charge in [-0.15, -0.1) is 0 Å². The van der Waals surface area contributed by atoms with Crippen LogP contribution in [0.3, 0.4) is 0 Å². The van der Waals surface area contributed by atoms with E-state index in [0.717, 1.165) is 37.8 Å². The Hall–Kier alpha value is -1.23. The molecule has 0 aliphatic heterocycles. The summed E-state index contributed by atoms with van der Waals surface area (Å²) in [5.41, 5.74) is 6.14. The first-order valence-electron chi connectivity index (χ1n) is 6.44. The number of rotatable bonds is 3. The molecule has 1 aliphatic rings. The van der Waals surface area contributed by atoms with E-state index in [1.807, 2.05) is 0 Å². The van der Waals surface area contributed by atoms with Crippen molar-refractivity contribution in [3.05, 3.63) is 29.3 Å². The molecule has 0 radical (unpaired) electrons. The number of benzene rings is 1. The van der Waals surface area contributed by atoms with E-state index in [-0.39, 0.29) is 11.8 Å². The van der Waals surface area contributed by atoms with Gasteiger partial charge in [0.2, 0.25) is 0 Å². The third kappa shape index (κ3) is 3.03. The van der Waals surface area contributed by atoms with Crippen molar-refractivity contribution in [1.82, 2.24) is 0 Å². The number of methoxy groups -OCH3 is 1. The molecule has 1 aliphatic carbocycles. The summed E-state index contributed by atoms with van der Waals surface area (Å²) in [5.74, 6) is 0.569. The molecule has 106 valence electrons. The summed E-state index contributed by atoms with van der Waals surface area (Å²) in [7, 11) is 1.38. The molecule has 1 aromatic rings. The van der Waals surface area contributed by atoms with Crippen molar-refractivity contribution in [3.8, 4) is 5.75 Å². The van der Waals surface area contributed by atoms with Crippen LogP contribution in [0.2, 0.25) is 0 Å². The molecular weight excluding hydrogens is 255 g/mol. The third-order valence-corrected chi connectivity index (χ3v) is 3.83.